The van der Waals surface area contributed by atoms with Gasteiger partial charge in [-0.05, 0) is 18.6 Å². The maximum atomic E-state index is 12.7. The molecule has 0 saturated heterocycles. The van der Waals surface area contributed by atoms with E-state index in [4.69, 9.17) is 4.74 Å². The van der Waals surface area contributed by atoms with Gasteiger partial charge in [0.15, 0.2) is 6.61 Å². The Morgan fingerprint density at radius 2 is 1.95 bits per heavy atom. The minimum Gasteiger partial charge on any atom is -0.483 e. The van der Waals surface area contributed by atoms with Gasteiger partial charge in [-0.1, -0.05) is 31.9 Å². The third kappa shape index (κ3) is 5.50. The summed E-state index contributed by atoms with van der Waals surface area (Å²) in [5, 5.41) is 2.60. The molecule has 1 N–H and O–H groups in total. The van der Waals surface area contributed by atoms with Crippen molar-refractivity contribution in [2.24, 2.45) is 0 Å². The number of nitrogens with one attached hydrogen (secondary N) is 1. The summed E-state index contributed by atoms with van der Waals surface area (Å²) in [6.07, 6.45) is -1.61. The van der Waals surface area contributed by atoms with E-state index in [1.807, 2.05) is 6.92 Å². The van der Waals surface area contributed by atoms with E-state index in [9.17, 15) is 18.0 Å². The summed E-state index contributed by atoms with van der Waals surface area (Å²) in [5.41, 5.74) is -0.876. The van der Waals surface area contributed by atoms with Crippen LogP contribution >= 0.6 is 0 Å². The second-order valence-corrected chi connectivity index (χ2v) is 4.34. The van der Waals surface area contributed by atoms with Gasteiger partial charge in [0.05, 0.1) is 5.56 Å². The van der Waals surface area contributed by atoms with Crippen LogP contribution in [0, 0.1) is 0 Å². The molecular weight excluding hydrogens is 271 g/mol. The maximum absolute atomic E-state index is 12.7. The first-order valence-electron chi connectivity index (χ1n) is 6.51. The van der Waals surface area contributed by atoms with E-state index in [1.165, 1.54) is 18.2 Å². The molecule has 0 aliphatic heterocycles. The SMILES string of the molecule is CCCCCNC(=O)COc1ccccc1C(F)(F)F. The maximum Gasteiger partial charge on any atom is 0.419 e. The summed E-state index contributed by atoms with van der Waals surface area (Å²) in [7, 11) is 0. The predicted molar refractivity (Wildman–Crippen MR) is 69.5 cm³/mol. The zero-order valence-electron chi connectivity index (χ0n) is 11.3. The van der Waals surface area contributed by atoms with Crippen LogP contribution in [0.3, 0.4) is 0 Å². The molecule has 0 atom stereocenters. The first kappa shape index (κ1) is 16.3. The largest absolute Gasteiger partial charge is 0.483 e. The first-order chi connectivity index (χ1) is 9.45. The van der Waals surface area contributed by atoms with Crippen LogP contribution in [0.5, 0.6) is 5.75 Å². The molecule has 0 aliphatic rings. The van der Waals surface area contributed by atoms with Gasteiger partial charge in [-0.25, -0.2) is 0 Å². The molecule has 0 bridgehead atoms. The van der Waals surface area contributed by atoms with Crippen LogP contribution in [0.4, 0.5) is 13.2 Å². The quantitative estimate of drug-likeness (QED) is 0.781. The molecule has 1 aromatic rings. The fourth-order valence-electron chi connectivity index (χ4n) is 1.62. The summed E-state index contributed by atoms with van der Waals surface area (Å²) < 4.78 is 43.0. The van der Waals surface area contributed by atoms with Crippen molar-refractivity contribution in [1.29, 1.82) is 0 Å². The smallest absolute Gasteiger partial charge is 0.419 e. The molecule has 0 fully saturated rings. The second kappa shape index (κ2) is 7.77. The van der Waals surface area contributed by atoms with Crippen LogP contribution in [-0.2, 0) is 11.0 Å². The minimum absolute atomic E-state index is 0.330. The third-order valence-electron chi connectivity index (χ3n) is 2.65. The number of carbonyl (C=O) groups is 1. The van der Waals surface area contributed by atoms with Crippen molar-refractivity contribution in [3.63, 3.8) is 0 Å². The Bertz CT molecular complexity index is 433. The van der Waals surface area contributed by atoms with E-state index in [1.54, 1.807) is 0 Å². The number of halogens is 3. The Labute approximate surface area is 116 Å². The molecule has 0 aromatic heterocycles. The number of para-hydroxylation sites is 1. The molecule has 20 heavy (non-hydrogen) atoms. The normalized spacial score (nSPS) is 11.2. The van der Waals surface area contributed by atoms with Crippen molar-refractivity contribution < 1.29 is 22.7 Å². The minimum atomic E-state index is -4.49. The molecule has 0 unspecified atom stereocenters. The lowest BCUT2D eigenvalue weighted by Crippen LogP contribution is -2.30. The van der Waals surface area contributed by atoms with Gasteiger partial charge in [-0.2, -0.15) is 13.2 Å². The third-order valence-corrected chi connectivity index (χ3v) is 2.65. The van der Waals surface area contributed by atoms with Crippen LogP contribution in [0.15, 0.2) is 24.3 Å². The van der Waals surface area contributed by atoms with Crippen LogP contribution in [0.25, 0.3) is 0 Å². The molecule has 0 spiro atoms. The van der Waals surface area contributed by atoms with Crippen molar-refractivity contribution in [1.82, 2.24) is 5.32 Å². The summed E-state index contributed by atoms with van der Waals surface area (Å²) in [4.78, 5) is 11.4. The summed E-state index contributed by atoms with van der Waals surface area (Å²) >= 11 is 0. The Hall–Kier alpha value is -1.72. The van der Waals surface area contributed by atoms with E-state index in [2.05, 4.69) is 5.32 Å². The van der Waals surface area contributed by atoms with E-state index >= 15 is 0 Å². The van der Waals surface area contributed by atoms with Crippen LogP contribution < -0.4 is 10.1 Å². The zero-order chi connectivity index (χ0) is 15.0. The molecule has 0 heterocycles. The van der Waals surface area contributed by atoms with Gasteiger partial charge in [0.2, 0.25) is 0 Å². The Morgan fingerprint density at radius 1 is 1.25 bits per heavy atom. The second-order valence-electron chi connectivity index (χ2n) is 4.34. The van der Waals surface area contributed by atoms with Crippen molar-refractivity contribution in [2.45, 2.75) is 32.4 Å². The van der Waals surface area contributed by atoms with Crippen molar-refractivity contribution in [2.75, 3.05) is 13.2 Å². The first-order valence-corrected chi connectivity index (χ1v) is 6.51. The molecule has 3 nitrogen and oxygen atoms in total. The number of carbonyl (C=O) groups excluding carboxylic acids is 1. The van der Waals surface area contributed by atoms with Crippen LogP contribution in [0.2, 0.25) is 0 Å². The average Bonchev–Trinajstić information content (AvgIpc) is 2.40. The van der Waals surface area contributed by atoms with Gasteiger partial charge in [-0.15, -0.1) is 0 Å². The van der Waals surface area contributed by atoms with Crippen molar-refractivity contribution >= 4 is 5.91 Å². The highest BCUT2D eigenvalue weighted by Gasteiger charge is 2.34. The highest BCUT2D eigenvalue weighted by Crippen LogP contribution is 2.35. The van der Waals surface area contributed by atoms with E-state index in [-0.39, 0.29) is 5.75 Å². The standard InChI is InChI=1S/C14H18F3NO2/c1-2-3-6-9-18-13(19)10-20-12-8-5-4-7-11(12)14(15,16)17/h4-5,7-8H,2-3,6,9-10H2,1H3,(H,18,19). The number of alkyl halides is 3. The molecule has 6 heteroatoms. The topological polar surface area (TPSA) is 38.3 Å². The highest BCUT2D eigenvalue weighted by molar-refractivity contribution is 5.77. The Kier molecular flexibility index (Phi) is 6.35. The summed E-state index contributed by atoms with van der Waals surface area (Å²) in [6, 6.07) is 4.84. The zero-order valence-corrected chi connectivity index (χ0v) is 11.3. The fraction of sp³-hybridized carbons (Fsp3) is 0.500. The Morgan fingerprint density at radius 3 is 2.60 bits per heavy atom. The number of amides is 1. The van der Waals surface area contributed by atoms with Gasteiger partial charge >= 0.3 is 6.18 Å². The number of unbranched alkanes of at least 4 members (excludes halogenated alkanes) is 2. The monoisotopic (exact) mass is 289 g/mol. The molecule has 0 saturated carbocycles. The van der Waals surface area contributed by atoms with Crippen LogP contribution in [-0.4, -0.2) is 19.1 Å². The van der Waals surface area contributed by atoms with Gasteiger partial charge in [-0.3, -0.25) is 4.79 Å². The lowest BCUT2D eigenvalue weighted by molar-refractivity contribution is -0.139. The number of hydrogen-bond donors (Lipinski definition) is 1. The van der Waals surface area contributed by atoms with Gasteiger partial charge < -0.3 is 10.1 Å². The number of benzene rings is 1. The van der Waals surface area contributed by atoms with E-state index < -0.39 is 24.3 Å². The van der Waals surface area contributed by atoms with Crippen molar-refractivity contribution in [3.8, 4) is 5.75 Å². The molecule has 0 radical (unpaired) electrons. The van der Waals surface area contributed by atoms with Gasteiger partial charge in [0, 0.05) is 6.54 Å². The molecule has 112 valence electrons. The number of rotatable bonds is 7. The lowest BCUT2D eigenvalue weighted by Gasteiger charge is -2.13. The summed E-state index contributed by atoms with van der Waals surface area (Å²) in [6.45, 7) is 2.13. The number of ether oxygens (including phenoxy) is 1. The predicted octanol–water partition coefficient (Wildman–Crippen LogP) is 3.39. The van der Waals surface area contributed by atoms with Gasteiger partial charge in [0.25, 0.3) is 5.91 Å². The molecule has 1 rings (SSSR count). The average molecular weight is 289 g/mol. The molecule has 0 aliphatic carbocycles. The van der Waals surface area contributed by atoms with E-state index in [0.29, 0.717) is 6.54 Å². The molecular formula is C14H18F3NO2. The molecule has 1 amide bonds. The fourth-order valence-corrected chi connectivity index (χ4v) is 1.62. The van der Waals surface area contributed by atoms with Crippen molar-refractivity contribution in [3.05, 3.63) is 29.8 Å². The number of hydrogen-bond acceptors (Lipinski definition) is 2. The van der Waals surface area contributed by atoms with E-state index in [0.717, 1.165) is 25.3 Å². The van der Waals surface area contributed by atoms with Gasteiger partial charge in [0.1, 0.15) is 5.75 Å². The lowest BCUT2D eigenvalue weighted by atomic mass is 10.2. The highest BCUT2D eigenvalue weighted by atomic mass is 19.4. The molecule has 1 aromatic carbocycles. The van der Waals surface area contributed by atoms with Crippen LogP contribution in [0.1, 0.15) is 31.7 Å². The summed E-state index contributed by atoms with van der Waals surface area (Å²) in [5.74, 6) is -0.748. The Balaban J connectivity index is 2.48.